The molecule has 136 valence electrons. The molecule has 26 heavy (non-hydrogen) atoms. The van der Waals surface area contributed by atoms with Crippen LogP contribution in [0.1, 0.15) is 24.4 Å². The lowest BCUT2D eigenvalue weighted by molar-refractivity contribution is 0.0886. The predicted molar refractivity (Wildman–Crippen MR) is 94.4 cm³/mol. The fourth-order valence-electron chi connectivity index (χ4n) is 3.14. The minimum atomic E-state index is 0.148. The average molecular weight is 354 g/mol. The molecular weight excluding hydrogens is 332 g/mol. The van der Waals surface area contributed by atoms with Crippen molar-refractivity contribution in [1.82, 2.24) is 29.6 Å². The fourth-order valence-corrected chi connectivity index (χ4v) is 3.14. The number of nitrogens with zero attached hydrogens (tertiary/aromatic N) is 6. The van der Waals surface area contributed by atoms with E-state index in [0.717, 1.165) is 49.3 Å². The molecule has 3 aromatic rings. The molecule has 1 saturated heterocycles. The monoisotopic (exact) mass is 354 g/mol. The van der Waals surface area contributed by atoms with Crippen LogP contribution in [0.2, 0.25) is 0 Å². The highest BCUT2D eigenvalue weighted by Gasteiger charge is 2.22. The van der Waals surface area contributed by atoms with E-state index in [1.165, 1.54) is 0 Å². The van der Waals surface area contributed by atoms with Crippen LogP contribution in [0.3, 0.4) is 0 Å². The molecule has 1 aliphatic heterocycles. The molecule has 0 spiro atoms. The molecule has 0 aromatic carbocycles. The van der Waals surface area contributed by atoms with Crippen LogP contribution in [-0.2, 0) is 13.6 Å². The van der Waals surface area contributed by atoms with E-state index in [1.54, 1.807) is 29.5 Å². The standard InChI is InChI=1S/C18H22N6O2/c1-13-22-16(12-25-13)11-24-5-3-17(4-6-24)26-18-19-7-14(8-20-18)15-9-21-23(2)10-15/h7-10,12,17H,3-6,11H2,1-2H3. The van der Waals surface area contributed by atoms with Gasteiger partial charge in [-0.15, -0.1) is 0 Å². The fraction of sp³-hybridized carbons (Fsp3) is 0.444. The van der Waals surface area contributed by atoms with Crippen molar-refractivity contribution in [3.8, 4) is 17.1 Å². The molecule has 0 bridgehead atoms. The summed E-state index contributed by atoms with van der Waals surface area (Å²) in [6.07, 6.45) is 11.1. The van der Waals surface area contributed by atoms with Gasteiger partial charge in [-0.25, -0.2) is 15.0 Å². The van der Waals surface area contributed by atoms with Crippen LogP contribution >= 0.6 is 0 Å². The maximum atomic E-state index is 5.95. The van der Waals surface area contributed by atoms with Gasteiger partial charge in [-0.1, -0.05) is 0 Å². The smallest absolute Gasteiger partial charge is 0.316 e. The Morgan fingerprint density at radius 1 is 1.15 bits per heavy atom. The zero-order valence-electron chi connectivity index (χ0n) is 15.0. The minimum absolute atomic E-state index is 0.148. The molecule has 1 fully saturated rings. The first-order chi connectivity index (χ1) is 12.7. The molecule has 4 heterocycles. The van der Waals surface area contributed by atoms with Crippen LogP contribution in [-0.4, -0.2) is 48.8 Å². The Morgan fingerprint density at radius 3 is 2.54 bits per heavy atom. The molecule has 0 aliphatic carbocycles. The van der Waals surface area contributed by atoms with Gasteiger partial charge < -0.3 is 9.15 Å². The molecule has 0 atom stereocenters. The lowest BCUT2D eigenvalue weighted by Crippen LogP contribution is -2.38. The van der Waals surface area contributed by atoms with Gasteiger partial charge in [-0.2, -0.15) is 5.10 Å². The largest absolute Gasteiger partial charge is 0.460 e. The second kappa shape index (κ2) is 7.25. The van der Waals surface area contributed by atoms with E-state index in [4.69, 9.17) is 9.15 Å². The number of ether oxygens (including phenoxy) is 1. The molecule has 4 rings (SSSR count). The quantitative estimate of drug-likeness (QED) is 0.695. The molecule has 8 nitrogen and oxygen atoms in total. The minimum Gasteiger partial charge on any atom is -0.460 e. The van der Waals surface area contributed by atoms with E-state index in [1.807, 2.05) is 20.2 Å². The molecule has 1 aliphatic rings. The van der Waals surface area contributed by atoms with Gasteiger partial charge in [0.05, 0.1) is 11.9 Å². The van der Waals surface area contributed by atoms with E-state index in [-0.39, 0.29) is 6.10 Å². The first-order valence-electron chi connectivity index (χ1n) is 8.77. The number of oxazole rings is 1. The first kappa shape index (κ1) is 16.7. The Bertz CT molecular complexity index is 849. The van der Waals surface area contributed by atoms with Crippen LogP contribution in [0.5, 0.6) is 6.01 Å². The highest BCUT2D eigenvalue weighted by molar-refractivity contribution is 5.59. The second-order valence-corrected chi connectivity index (χ2v) is 6.61. The van der Waals surface area contributed by atoms with Crippen LogP contribution in [0.4, 0.5) is 0 Å². The van der Waals surface area contributed by atoms with Crippen molar-refractivity contribution < 1.29 is 9.15 Å². The third-order valence-corrected chi connectivity index (χ3v) is 4.53. The van der Waals surface area contributed by atoms with E-state index in [9.17, 15) is 0 Å². The number of aromatic nitrogens is 5. The highest BCUT2D eigenvalue weighted by atomic mass is 16.5. The van der Waals surface area contributed by atoms with Crippen LogP contribution in [0.15, 0.2) is 35.5 Å². The Morgan fingerprint density at radius 2 is 1.92 bits per heavy atom. The highest BCUT2D eigenvalue weighted by Crippen LogP contribution is 2.20. The van der Waals surface area contributed by atoms with Crippen molar-refractivity contribution in [3.63, 3.8) is 0 Å². The number of rotatable bonds is 5. The topological polar surface area (TPSA) is 82.1 Å². The third kappa shape index (κ3) is 3.91. The molecule has 0 amide bonds. The maximum Gasteiger partial charge on any atom is 0.316 e. The molecule has 8 heteroatoms. The Kier molecular flexibility index (Phi) is 4.66. The van der Waals surface area contributed by atoms with Crippen molar-refractivity contribution in [2.24, 2.45) is 7.05 Å². The van der Waals surface area contributed by atoms with Crippen LogP contribution in [0, 0.1) is 6.92 Å². The lowest BCUT2D eigenvalue weighted by atomic mass is 10.1. The summed E-state index contributed by atoms with van der Waals surface area (Å²) in [6.45, 7) is 4.61. The molecule has 3 aromatic heterocycles. The normalized spacial score (nSPS) is 16.1. The van der Waals surface area contributed by atoms with Gasteiger partial charge in [0.1, 0.15) is 12.4 Å². The number of likely N-dealkylation sites (tertiary alicyclic amines) is 1. The van der Waals surface area contributed by atoms with Crippen LogP contribution < -0.4 is 4.74 Å². The molecule has 0 unspecified atom stereocenters. The average Bonchev–Trinajstić information content (AvgIpc) is 3.26. The van der Waals surface area contributed by atoms with E-state index in [0.29, 0.717) is 11.9 Å². The SMILES string of the molecule is Cc1nc(CN2CCC(Oc3ncc(-c4cnn(C)c4)cn3)CC2)co1. The summed E-state index contributed by atoms with van der Waals surface area (Å²) in [7, 11) is 1.89. The Labute approximate surface area is 151 Å². The van der Waals surface area contributed by atoms with Crippen molar-refractivity contribution in [2.45, 2.75) is 32.4 Å². The summed E-state index contributed by atoms with van der Waals surface area (Å²) in [6, 6.07) is 0.434. The summed E-state index contributed by atoms with van der Waals surface area (Å²) < 4.78 is 13.0. The zero-order valence-corrected chi connectivity index (χ0v) is 15.0. The molecule has 0 N–H and O–H groups in total. The maximum absolute atomic E-state index is 5.95. The number of piperidine rings is 1. The van der Waals surface area contributed by atoms with Crippen molar-refractivity contribution in [2.75, 3.05) is 13.1 Å². The van der Waals surface area contributed by atoms with Gasteiger partial charge in [0.25, 0.3) is 0 Å². The number of hydrogen-bond acceptors (Lipinski definition) is 7. The third-order valence-electron chi connectivity index (χ3n) is 4.53. The summed E-state index contributed by atoms with van der Waals surface area (Å²) >= 11 is 0. The van der Waals surface area contributed by atoms with E-state index in [2.05, 4.69) is 25.0 Å². The Hall–Kier alpha value is -2.74. The van der Waals surface area contributed by atoms with E-state index >= 15 is 0 Å². The van der Waals surface area contributed by atoms with Gasteiger partial charge >= 0.3 is 6.01 Å². The number of aryl methyl sites for hydroxylation is 2. The summed E-state index contributed by atoms with van der Waals surface area (Å²) in [5, 5.41) is 4.16. The van der Waals surface area contributed by atoms with Crippen molar-refractivity contribution >= 4 is 0 Å². The van der Waals surface area contributed by atoms with Gasteiger partial charge in [0.15, 0.2) is 5.89 Å². The van der Waals surface area contributed by atoms with Gasteiger partial charge in [0.2, 0.25) is 0 Å². The van der Waals surface area contributed by atoms with Gasteiger partial charge in [-0.05, 0) is 12.8 Å². The van der Waals surface area contributed by atoms with Crippen molar-refractivity contribution in [1.29, 1.82) is 0 Å². The van der Waals surface area contributed by atoms with Gasteiger partial charge in [-0.3, -0.25) is 9.58 Å². The van der Waals surface area contributed by atoms with Crippen molar-refractivity contribution in [3.05, 3.63) is 42.6 Å². The van der Waals surface area contributed by atoms with E-state index < -0.39 is 0 Å². The second-order valence-electron chi connectivity index (χ2n) is 6.61. The summed E-state index contributed by atoms with van der Waals surface area (Å²) in [5.74, 6) is 0.713. The number of hydrogen-bond donors (Lipinski definition) is 0. The summed E-state index contributed by atoms with van der Waals surface area (Å²) in [5.41, 5.74) is 2.91. The zero-order chi connectivity index (χ0) is 17.9. The first-order valence-corrected chi connectivity index (χ1v) is 8.77. The van der Waals surface area contributed by atoms with Gasteiger partial charge in [0, 0.05) is 63.3 Å². The Balaban J connectivity index is 1.29. The van der Waals surface area contributed by atoms with Crippen LogP contribution in [0.25, 0.3) is 11.1 Å². The predicted octanol–water partition coefficient (Wildman–Crippen LogP) is 2.22. The molecule has 0 radical (unpaired) electrons. The lowest BCUT2D eigenvalue weighted by Gasteiger charge is -2.30. The summed E-state index contributed by atoms with van der Waals surface area (Å²) in [4.78, 5) is 15.4. The molecule has 0 saturated carbocycles. The molecular formula is C18H22N6O2.